The van der Waals surface area contributed by atoms with Gasteiger partial charge in [-0.05, 0) is 36.3 Å². The van der Waals surface area contributed by atoms with Crippen LogP contribution in [0, 0.1) is 5.92 Å². The molecule has 1 saturated heterocycles. The minimum atomic E-state index is -0.132. The predicted molar refractivity (Wildman–Crippen MR) is 90.8 cm³/mol. The average molecular weight is 316 g/mol. The van der Waals surface area contributed by atoms with Crippen LogP contribution in [0.4, 0.5) is 0 Å². The first kappa shape index (κ1) is 16.5. The lowest BCUT2D eigenvalue weighted by Crippen LogP contribution is -2.35. The van der Waals surface area contributed by atoms with Crippen molar-refractivity contribution in [2.75, 3.05) is 13.1 Å². The van der Waals surface area contributed by atoms with Gasteiger partial charge in [0.25, 0.3) is 0 Å². The highest BCUT2D eigenvalue weighted by Crippen LogP contribution is 2.33. The largest absolute Gasteiger partial charge is 0.393 e. The fraction of sp³-hybridized carbons (Fsp3) is 0.632. The first-order valence-corrected chi connectivity index (χ1v) is 8.94. The van der Waals surface area contributed by atoms with Crippen molar-refractivity contribution in [3.05, 3.63) is 35.4 Å². The zero-order valence-electron chi connectivity index (χ0n) is 13.8. The molecule has 1 amide bonds. The third kappa shape index (κ3) is 5.33. The van der Waals surface area contributed by atoms with Crippen LogP contribution in [0.15, 0.2) is 24.3 Å². The molecule has 4 heteroatoms. The van der Waals surface area contributed by atoms with Gasteiger partial charge in [-0.25, -0.2) is 0 Å². The smallest absolute Gasteiger partial charge is 0.220 e. The third-order valence-electron chi connectivity index (χ3n) is 5.02. The lowest BCUT2D eigenvalue weighted by molar-refractivity contribution is -0.121. The summed E-state index contributed by atoms with van der Waals surface area (Å²) in [5.74, 6) is 0.982. The molecule has 0 atom stereocenters. The molecule has 0 aromatic heterocycles. The van der Waals surface area contributed by atoms with Gasteiger partial charge in [0.1, 0.15) is 0 Å². The molecule has 2 N–H and O–H groups in total. The van der Waals surface area contributed by atoms with E-state index < -0.39 is 0 Å². The van der Waals surface area contributed by atoms with E-state index in [1.165, 1.54) is 24.0 Å². The standard InChI is InChI=1S/C19H28N2O2/c22-18-9-11-21(12-10-18)14-17-4-2-1-3-16(17)13-20-19(23)8-7-15-5-6-15/h1-4,15,18,22H,5-14H2,(H,20,23). The Bertz CT molecular complexity index is 520. The molecule has 1 aromatic carbocycles. The number of rotatable bonds is 7. The monoisotopic (exact) mass is 316 g/mol. The summed E-state index contributed by atoms with van der Waals surface area (Å²) >= 11 is 0. The van der Waals surface area contributed by atoms with Gasteiger partial charge < -0.3 is 10.4 Å². The molecule has 23 heavy (non-hydrogen) atoms. The van der Waals surface area contributed by atoms with Crippen molar-refractivity contribution in [1.29, 1.82) is 0 Å². The third-order valence-corrected chi connectivity index (χ3v) is 5.02. The highest BCUT2D eigenvalue weighted by molar-refractivity contribution is 5.75. The summed E-state index contributed by atoms with van der Waals surface area (Å²) in [6.45, 7) is 3.42. The normalized spacial score (nSPS) is 19.7. The molecule has 0 unspecified atom stereocenters. The zero-order chi connectivity index (χ0) is 16.1. The van der Waals surface area contributed by atoms with E-state index in [1.807, 2.05) is 6.07 Å². The van der Waals surface area contributed by atoms with Crippen molar-refractivity contribution >= 4 is 5.91 Å². The maximum atomic E-state index is 11.9. The van der Waals surface area contributed by atoms with Gasteiger partial charge in [0, 0.05) is 32.6 Å². The van der Waals surface area contributed by atoms with Crippen LogP contribution in [0.5, 0.6) is 0 Å². The molecule has 2 fully saturated rings. The summed E-state index contributed by atoms with van der Waals surface area (Å²) in [6, 6.07) is 8.35. The van der Waals surface area contributed by atoms with E-state index in [1.54, 1.807) is 0 Å². The van der Waals surface area contributed by atoms with Gasteiger partial charge in [-0.2, -0.15) is 0 Å². The molecular formula is C19H28N2O2. The van der Waals surface area contributed by atoms with Crippen LogP contribution in [-0.2, 0) is 17.9 Å². The molecule has 1 aliphatic heterocycles. The SMILES string of the molecule is O=C(CCC1CC1)NCc1ccccc1CN1CCC(O)CC1. The predicted octanol–water partition coefficient (Wildman–Crippen LogP) is 2.45. The summed E-state index contributed by atoms with van der Waals surface area (Å²) in [5.41, 5.74) is 2.49. The van der Waals surface area contributed by atoms with Crippen molar-refractivity contribution < 1.29 is 9.90 Å². The van der Waals surface area contributed by atoms with Crippen LogP contribution in [0.25, 0.3) is 0 Å². The number of amides is 1. The maximum absolute atomic E-state index is 11.9. The lowest BCUT2D eigenvalue weighted by Gasteiger charge is -2.30. The van der Waals surface area contributed by atoms with Crippen LogP contribution in [0.1, 0.15) is 49.7 Å². The molecule has 4 nitrogen and oxygen atoms in total. The number of nitrogens with one attached hydrogen (secondary N) is 1. The number of nitrogens with zero attached hydrogens (tertiary/aromatic N) is 1. The fourth-order valence-electron chi connectivity index (χ4n) is 3.23. The minimum Gasteiger partial charge on any atom is -0.393 e. The molecule has 126 valence electrons. The second-order valence-electron chi connectivity index (χ2n) is 7.03. The number of hydrogen-bond donors (Lipinski definition) is 2. The summed E-state index contributed by atoms with van der Waals surface area (Å²) in [7, 11) is 0. The van der Waals surface area contributed by atoms with Gasteiger partial charge in [0.05, 0.1) is 6.10 Å². The van der Waals surface area contributed by atoms with E-state index in [9.17, 15) is 9.90 Å². The minimum absolute atomic E-state index is 0.132. The van der Waals surface area contributed by atoms with Crippen molar-refractivity contribution in [3.8, 4) is 0 Å². The number of aliphatic hydroxyl groups excluding tert-OH is 1. The van der Waals surface area contributed by atoms with Crippen molar-refractivity contribution in [3.63, 3.8) is 0 Å². The number of aliphatic hydroxyl groups is 1. The number of piperidine rings is 1. The Morgan fingerprint density at radius 2 is 1.83 bits per heavy atom. The quantitative estimate of drug-likeness (QED) is 0.812. The van der Waals surface area contributed by atoms with E-state index >= 15 is 0 Å². The Balaban J connectivity index is 1.49. The van der Waals surface area contributed by atoms with Crippen molar-refractivity contribution in [2.45, 2.75) is 57.7 Å². The Morgan fingerprint density at radius 3 is 2.52 bits per heavy atom. The second kappa shape index (κ2) is 7.93. The first-order chi connectivity index (χ1) is 11.2. The number of carbonyl (C=O) groups excluding carboxylic acids is 1. The van der Waals surface area contributed by atoms with Crippen molar-refractivity contribution in [2.24, 2.45) is 5.92 Å². The molecule has 0 spiro atoms. The summed E-state index contributed by atoms with van der Waals surface area (Å²) in [6.07, 6.45) is 5.91. The van der Waals surface area contributed by atoms with Crippen molar-refractivity contribution in [1.82, 2.24) is 10.2 Å². The van der Waals surface area contributed by atoms with Crippen LogP contribution >= 0.6 is 0 Å². The van der Waals surface area contributed by atoms with E-state index in [4.69, 9.17) is 0 Å². The summed E-state index contributed by atoms with van der Waals surface area (Å²) in [5, 5.41) is 12.7. The fourth-order valence-corrected chi connectivity index (χ4v) is 3.23. The van der Waals surface area contributed by atoms with Gasteiger partial charge in [-0.1, -0.05) is 37.1 Å². The first-order valence-electron chi connectivity index (χ1n) is 8.94. The van der Waals surface area contributed by atoms with Gasteiger partial charge in [0.15, 0.2) is 0 Å². The van der Waals surface area contributed by atoms with Gasteiger partial charge >= 0.3 is 0 Å². The van der Waals surface area contributed by atoms with Crippen LogP contribution < -0.4 is 5.32 Å². The highest BCUT2D eigenvalue weighted by atomic mass is 16.3. The molecular weight excluding hydrogens is 288 g/mol. The Kier molecular flexibility index (Phi) is 5.68. The Hall–Kier alpha value is -1.39. The number of likely N-dealkylation sites (tertiary alicyclic amines) is 1. The molecule has 1 aromatic rings. The topological polar surface area (TPSA) is 52.6 Å². The van der Waals surface area contributed by atoms with Crippen LogP contribution in [0.2, 0.25) is 0 Å². The van der Waals surface area contributed by atoms with Crippen LogP contribution in [0.3, 0.4) is 0 Å². The van der Waals surface area contributed by atoms with Crippen LogP contribution in [-0.4, -0.2) is 35.1 Å². The highest BCUT2D eigenvalue weighted by Gasteiger charge is 2.22. The molecule has 0 bridgehead atoms. The van der Waals surface area contributed by atoms with Gasteiger partial charge in [0.2, 0.25) is 5.91 Å². The number of benzene rings is 1. The number of carbonyl (C=O) groups is 1. The zero-order valence-corrected chi connectivity index (χ0v) is 13.8. The molecule has 1 aliphatic carbocycles. The molecule has 1 saturated carbocycles. The van der Waals surface area contributed by atoms with E-state index in [-0.39, 0.29) is 12.0 Å². The Labute approximate surface area is 138 Å². The molecule has 0 radical (unpaired) electrons. The van der Waals surface area contributed by atoms with E-state index in [0.717, 1.165) is 44.8 Å². The van der Waals surface area contributed by atoms with Gasteiger partial charge in [-0.3, -0.25) is 9.69 Å². The average Bonchev–Trinajstić information content (AvgIpc) is 3.38. The molecule has 1 heterocycles. The molecule has 2 aliphatic rings. The number of hydrogen-bond acceptors (Lipinski definition) is 3. The summed E-state index contributed by atoms with van der Waals surface area (Å²) in [4.78, 5) is 14.3. The second-order valence-corrected chi connectivity index (χ2v) is 7.03. The summed E-state index contributed by atoms with van der Waals surface area (Å²) < 4.78 is 0. The molecule has 3 rings (SSSR count). The van der Waals surface area contributed by atoms with Gasteiger partial charge in [-0.15, -0.1) is 0 Å². The van der Waals surface area contributed by atoms with E-state index in [0.29, 0.717) is 13.0 Å². The Morgan fingerprint density at radius 1 is 1.13 bits per heavy atom. The maximum Gasteiger partial charge on any atom is 0.220 e. The lowest BCUT2D eigenvalue weighted by atomic mass is 10.0. The van der Waals surface area contributed by atoms with E-state index in [2.05, 4.69) is 28.4 Å².